The largest absolute Gasteiger partial charge is 0.352 e. The second-order valence-electron chi connectivity index (χ2n) is 5.67. The fourth-order valence-electron chi connectivity index (χ4n) is 2.91. The van der Waals surface area contributed by atoms with Crippen molar-refractivity contribution in [1.82, 2.24) is 10.6 Å². The molecule has 20 heavy (non-hydrogen) atoms. The molecule has 1 amide bonds. The summed E-state index contributed by atoms with van der Waals surface area (Å²) in [7, 11) is 1.92. The van der Waals surface area contributed by atoms with E-state index in [1.54, 1.807) is 0 Å². The third-order valence-corrected chi connectivity index (χ3v) is 4.14. The third kappa shape index (κ3) is 4.34. The van der Waals surface area contributed by atoms with E-state index in [-0.39, 0.29) is 5.91 Å². The highest BCUT2D eigenvalue weighted by molar-refractivity contribution is 5.94. The van der Waals surface area contributed by atoms with Crippen LogP contribution in [0.25, 0.3) is 0 Å². The number of hydrogen-bond acceptors (Lipinski definition) is 2. The van der Waals surface area contributed by atoms with E-state index in [4.69, 9.17) is 0 Å². The summed E-state index contributed by atoms with van der Waals surface area (Å²) in [6.45, 7) is 1.66. The van der Waals surface area contributed by atoms with Crippen molar-refractivity contribution in [3.63, 3.8) is 0 Å². The van der Waals surface area contributed by atoms with Crippen molar-refractivity contribution in [2.45, 2.75) is 44.4 Å². The fraction of sp³-hybridized carbons (Fsp3) is 0.588. The molecule has 1 fully saturated rings. The van der Waals surface area contributed by atoms with Gasteiger partial charge >= 0.3 is 0 Å². The molecule has 0 spiro atoms. The summed E-state index contributed by atoms with van der Waals surface area (Å²) >= 11 is 0. The van der Waals surface area contributed by atoms with Crippen molar-refractivity contribution in [2.24, 2.45) is 0 Å². The molecule has 0 radical (unpaired) electrons. The van der Waals surface area contributed by atoms with Crippen molar-refractivity contribution in [3.8, 4) is 0 Å². The van der Waals surface area contributed by atoms with E-state index >= 15 is 0 Å². The molecular weight excluding hydrogens is 248 g/mol. The molecule has 1 aromatic carbocycles. The number of benzene rings is 1. The van der Waals surface area contributed by atoms with Gasteiger partial charge in [0.25, 0.3) is 5.91 Å². The molecule has 0 unspecified atom stereocenters. The third-order valence-electron chi connectivity index (χ3n) is 4.14. The van der Waals surface area contributed by atoms with Gasteiger partial charge in [-0.15, -0.1) is 0 Å². The fourth-order valence-corrected chi connectivity index (χ4v) is 2.91. The molecule has 0 bridgehead atoms. The van der Waals surface area contributed by atoms with Gasteiger partial charge in [-0.2, -0.15) is 0 Å². The number of nitrogens with one attached hydrogen (secondary N) is 2. The molecule has 3 heteroatoms. The van der Waals surface area contributed by atoms with Gasteiger partial charge < -0.3 is 10.6 Å². The van der Waals surface area contributed by atoms with Crippen molar-refractivity contribution in [2.75, 3.05) is 20.1 Å². The van der Waals surface area contributed by atoms with E-state index in [2.05, 4.69) is 22.8 Å². The van der Waals surface area contributed by atoms with Crippen LogP contribution < -0.4 is 10.6 Å². The second-order valence-corrected chi connectivity index (χ2v) is 5.67. The van der Waals surface area contributed by atoms with Gasteiger partial charge in [0.1, 0.15) is 0 Å². The Morgan fingerprint density at radius 3 is 2.45 bits per heavy atom. The van der Waals surface area contributed by atoms with Crippen molar-refractivity contribution >= 4 is 5.91 Å². The quantitative estimate of drug-likeness (QED) is 0.783. The minimum absolute atomic E-state index is 0.0382. The van der Waals surface area contributed by atoms with Crippen LogP contribution in [0, 0.1) is 0 Å². The average Bonchev–Trinajstić information content (AvgIpc) is 2.52. The maximum Gasteiger partial charge on any atom is 0.251 e. The molecular formula is C17H26N2O. The van der Waals surface area contributed by atoms with E-state index in [1.165, 1.54) is 37.7 Å². The van der Waals surface area contributed by atoms with Crippen LogP contribution in [0.15, 0.2) is 24.3 Å². The number of carbonyl (C=O) groups is 1. The molecule has 110 valence electrons. The number of rotatable bonds is 6. The first-order chi connectivity index (χ1) is 9.81. The van der Waals surface area contributed by atoms with Gasteiger partial charge in [-0.25, -0.2) is 0 Å². The van der Waals surface area contributed by atoms with Gasteiger partial charge in [0, 0.05) is 12.1 Å². The summed E-state index contributed by atoms with van der Waals surface area (Å²) in [6, 6.07) is 8.21. The lowest BCUT2D eigenvalue weighted by atomic mass is 9.84. The number of hydrogen-bond donors (Lipinski definition) is 2. The molecule has 2 rings (SSSR count). The molecule has 3 nitrogen and oxygen atoms in total. The molecule has 0 aliphatic heterocycles. The van der Waals surface area contributed by atoms with E-state index in [0.29, 0.717) is 5.92 Å². The van der Waals surface area contributed by atoms with Crippen molar-refractivity contribution < 1.29 is 4.79 Å². The summed E-state index contributed by atoms with van der Waals surface area (Å²) in [5, 5.41) is 6.03. The van der Waals surface area contributed by atoms with Crippen LogP contribution in [0.5, 0.6) is 0 Å². The smallest absolute Gasteiger partial charge is 0.251 e. The Morgan fingerprint density at radius 2 is 1.80 bits per heavy atom. The normalized spacial score (nSPS) is 16.1. The van der Waals surface area contributed by atoms with E-state index in [0.717, 1.165) is 25.1 Å². The zero-order valence-corrected chi connectivity index (χ0v) is 12.5. The highest BCUT2D eigenvalue weighted by atomic mass is 16.1. The summed E-state index contributed by atoms with van der Waals surface area (Å²) in [5.74, 6) is 0.743. The first-order valence-electron chi connectivity index (χ1n) is 7.84. The molecule has 1 aliphatic rings. The van der Waals surface area contributed by atoms with Crippen molar-refractivity contribution in [1.29, 1.82) is 0 Å². The lowest BCUT2D eigenvalue weighted by molar-refractivity contribution is 0.0953. The molecule has 1 aliphatic carbocycles. The summed E-state index contributed by atoms with van der Waals surface area (Å²) in [4.78, 5) is 12.0. The highest BCUT2D eigenvalue weighted by Gasteiger charge is 2.15. The topological polar surface area (TPSA) is 41.1 Å². The predicted molar refractivity (Wildman–Crippen MR) is 83.1 cm³/mol. The van der Waals surface area contributed by atoms with Crippen LogP contribution in [0.4, 0.5) is 0 Å². The molecule has 1 saturated carbocycles. The van der Waals surface area contributed by atoms with Gasteiger partial charge in [0.2, 0.25) is 0 Å². The standard InChI is InChI=1S/C17H26N2O/c1-18-12-5-13-19-17(20)16-10-8-15(9-11-16)14-6-3-2-4-7-14/h8-11,14,18H,2-7,12-13H2,1H3,(H,19,20). The van der Waals surface area contributed by atoms with Crippen molar-refractivity contribution in [3.05, 3.63) is 35.4 Å². The zero-order chi connectivity index (χ0) is 14.2. The Kier molecular flexibility index (Phi) is 6.06. The lowest BCUT2D eigenvalue weighted by Gasteiger charge is -2.22. The van der Waals surface area contributed by atoms with Crippen LogP contribution in [0.1, 0.15) is 60.4 Å². The lowest BCUT2D eigenvalue weighted by Crippen LogP contribution is -2.26. The second kappa shape index (κ2) is 8.05. The highest BCUT2D eigenvalue weighted by Crippen LogP contribution is 2.32. The van der Waals surface area contributed by atoms with E-state index in [1.807, 2.05) is 19.2 Å². The number of amides is 1. The summed E-state index contributed by atoms with van der Waals surface area (Å²) < 4.78 is 0. The van der Waals surface area contributed by atoms with Crippen LogP contribution >= 0.6 is 0 Å². The SMILES string of the molecule is CNCCCNC(=O)c1ccc(C2CCCCC2)cc1. The number of carbonyl (C=O) groups excluding carboxylic acids is 1. The van der Waals surface area contributed by atoms with Crippen LogP contribution in [-0.2, 0) is 0 Å². The first kappa shape index (κ1) is 15.0. The summed E-state index contributed by atoms with van der Waals surface area (Å²) in [5.41, 5.74) is 2.17. The summed E-state index contributed by atoms with van der Waals surface area (Å²) in [6.07, 6.45) is 7.63. The Bertz CT molecular complexity index is 408. The zero-order valence-electron chi connectivity index (χ0n) is 12.5. The van der Waals surface area contributed by atoms with Gasteiger partial charge in [0.05, 0.1) is 0 Å². The molecule has 0 aromatic heterocycles. The maximum atomic E-state index is 12.0. The molecule has 1 aromatic rings. The maximum absolute atomic E-state index is 12.0. The van der Waals surface area contributed by atoms with Gasteiger partial charge in [-0.05, 0) is 56.5 Å². The molecule has 0 heterocycles. The Morgan fingerprint density at radius 1 is 1.10 bits per heavy atom. The monoisotopic (exact) mass is 274 g/mol. The minimum atomic E-state index is 0.0382. The van der Waals surface area contributed by atoms with E-state index in [9.17, 15) is 4.79 Å². The molecule has 0 atom stereocenters. The molecule has 2 N–H and O–H groups in total. The Labute approximate surface area is 122 Å². The van der Waals surface area contributed by atoms with Crippen LogP contribution in [0.2, 0.25) is 0 Å². The molecule has 0 saturated heterocycles. The Hall–Kier alpha value is -1.35. The van der Waals surface area contributed by atoms with E-state index < -0.39 is 0 Å². The average molecular weight is 274 g/mol. The van der Waals surface area contributed by atoms with Gasteiger partial charge in [0.15, 0.2) is 0 Å². The first-order valence-corrected chi connectivity index (χ1v) is 7.84. The Balaban J connectivity index is 1.85. The van der Waals surface area contributed by atoms with Crippen LogP contribution in [0.3, 0.4) is 0 Å². The predicted octanol–water partition coefficient (Wildman–Crippen LogP) is 3.07. The minimum Gasteiger partial charge on any atom is -0.352 e. The van der Waals surface area contributed by atoms with Crippen LogP contribution in [-0.4, -0.2) is 26.0 Å². The van der Waals surface area contributed by atoms with Gasteiger partial charge in [-0.3, -0.25) is 4.79 Å². The van der Waals surface area contributed by atoms with Gasteiger partial charge in [-0.1, -0.05) is 31.4 Å².